The summed E-state index contributed by atoms with van der Waals surface area (Å²) in [5.41, 5.74) is 1.17. The van der Waals surface area contributed by atoms with Crippen LogP contribution in [-0.2, 0) is 13.2 Å². The lowest BCUT2D eigenvalue weighted by Gasteiger charge is -2.26. The van der Waals surface area contributed by atoms with E-state index < -0.39 is 0 Å². The van der Waals surface area contributed by atoms with Gasteiger partial charge in [-0.2, -0.15) is 0 Å². The van der Waals surface area contributed by atoms with Crippen molar-refractivity contribution in [3.8, 4) is 5.88 Å². The Kier molecular flexibility index (Phi) is 4.90. The molecule has 4 heteroatoms. The molecule has 1 saturated heterocycles. The van der Waals surface area contributed by atoms with E-state index in [2.05, 4.69) is 22.1 Å². The molecule has 0 unspecified atom stereocenters. The van der Waals surface area contributed by atoms with E-state index >= 15 is 0 Å². The normalized spacial score (nSPS) is 16.0. The van der Waals surface area contributed by atoms with Crippen molar-refractivity contribution in [2.24, 2.45) is 0 Å². The molecule has 1 fully saturated rings. The summed E-state index contributed by atoms with van der Waals surface area (Å²) in [6.07, 6.45) is 6.06. The number of ether oxygens (including phenoxy) is 1. The topological polar surface area (TPSA) is 30.3 Å². The Morgan fingerprint density at radius 2 is 1.76 bits per heavy atom. The van der Waals surface area contributed by atoms with E-state index in [1.165, 1.54) is 37.9 Å². The zero-order valence-electron chi connectivity index (χ0n) is 12.4. The molecular weight excluding hydrogens is 262 g/mol. The molecule has 1 aliphatic heterocycles. The lowest BCUT2D eigenvalue weighted by Crippen LogP contribution is -2.32. The smallest absolute Gasteiger partial charge is 0.233 e. The molecule has 1 aromatic carbocycles. The van der Waals surface area contributed by atoms with Crippen molar-refractivity contribution in [1.29, 1.82) is 0 Å². The highest BCUT2D eigenvalue weighted by Gasteiger charge is 2.10. The van der Waals surface area contributed by atoms with E-state index in [0.717, 1.165) is 13.1 Å². The first-order valence-electron chi connectivity index (χ1n) is 7.83. The third-order valence-corrected chi connectivity index (χ3v) is 3.94. The predicted octanol–water partition coefficient (Wildman–Crippen LogP) is 2.95. The molecule has 21 heavy (non-hydrogen) atoms. The first-order chi connectivity index (χ1) is 10.4. The second-order valence-electron chi connectivity index (χ2n) is 5.59. The van der Waals surface area contributed by atoms with Gasteiger partial charge in [-0.25, -0.2) is 0 Å². The largest absolute Gasteiger partial charge is 0.472 e. The number of nitrogens with zero attached hydrogens (tertiary/aromatic N) is 3. The summed E-state index contributed by atoms with van der Waals surface area (Å²) >= 11 is 0. The van der Waals surface area contributed by atoms with E-state index in [4.69, 9.17) is 4.74 Å². The number of aromatic nitrogens is 2. The van der Waals surface area contributed by atoms with Gasteiger partial charge in [0.2, 0.25) is 5.88 Å². The molecule has 4 nitrogen and oxygen atoms in total. The molecule has 0 saturated carbocycles. The molecule has 2 heterocycles. The van der Waals surface area contributed by atoms with Gasteiger partial charge in [-0.1, -0.05) is 36.8 Å². The molecule has 0 spiro atoms. The van der Waals surface area contributed by atoms with Gasteiger partial charge in [0, 0.05) is 18.8 Å². The van der Waals surface area contributed by atoms with Crippen molar-refractivity contribution in [2.75, 3.05) is 19.6 Å². The summed E-state index contributed by atoms with van der Waals surface area (Å²) in [5.74, 6) is 0.706. The van der Waals surface area contributed by atoms with Gasteiger partial charge in [0.15, 0.2) is 0 Å². The number of hydrogen-bond acceptors (Lipinski definition) is 3. The quantitative estimate of drug-likeness (QED) is 0.817. The third kappa shape index (κ3) is 4.33. The van der Waals surface area contributed by atoms with Crippen LogP contribution in [0.3, 0.4) is 0 Å². The van der Waals surface area contributed by atoms with Crippen LogP contribution in [0, 0.1) is 0 Å². The zero-order valence-corrected chi connectivity index (χ0v) is 12.4. The minimum absolute atomic E-state index is 0.573. The van der Waals surface area contributed by atoms with Crippen LogP contribution < -0.4 is 4.74 Å². The van der Waals surface area contributed by atoms with Crippen LogP contribution in [0.15, 0.2) is 42.6 Å². The fourth-order valence-corrected chi connectivity index (χ4v) is 2.70. The summed E-state index contributed by atoms with van der Waals surface area (Å²) < 4.78 is 7.70. The van der Waals surface area contributed by atoms with Crippen molar-refractivity contribution in [2.45, 2.75) is 32.4 Å². The van der Waals surface area contributed by atoms with Gasteiger partial charge in [0.1, 0.15) is 6.61 Å². The zero-order chi connectivity index (χ0) is 14.3. The van der Waals surface area contributed by atoms with Crippen LogP contribution in [0.25, 0.3) is 0 Å². The maximum absolute atomic E-state index is 5.72. The Balaban J connectivity index is 1.45. The standard InChI is InChI=1S/C17H23N3O/c1-3-7-16(8-4-1)15-21-17-9-12-20(18-17)14-13-19-10-5-2-6-11-19/h1,3-4,7-9,12H,2,5-6,10-11,13-15H2. The highest BCUT2D eigenvalue weighted by Crippen LogP contribution is 2.11. The van der Waals surface area contributed by atoms with Crippen LogP contribution in [0.5, 0.6) is 5.88 Å². The number of piperidine rings is 1. The highest BCUT2D eigenvalue weighted by molar-refractivity contribution is 5.15. The van der Waals surface area contributed by atoms with Crippen molar-refractivity contribution in [3.63, 3.8) is 0 Å². The van der Waals surface area contributed by atoms with E-state index in [9.17, 15) is 0 Å². The first kappa shape index (κ1) is 14.1. The van der Waals surface area contributed by atoms with Gasteiger partial charge in [-0.05, 0) is 31.5 Å². The molecule has 0 radical (unpaired) electrons. The lowest BCUT2D eigenvalue weighted by molar-refractivity contribution is 0.216. The average Bonchev–Trinajstić information content (AvgIpc) is 3.01. The Morgan fingerprint density at radius 3 is 2.57 bits per heavy atom. The molecule has 0 amide bonds. The number of hydrogen-bond donors (Lipinski definition) is 0. The average molecular weight is 285 g/mol. The molecule has 112 valence electrons. The summed E-state index contributed by atoms with van der Waals surface area (Å²) in [5, 5.41) is 4.48. The second kappa shape index (κ2) is 7.27. The molecule has 0 bridgehead atoms. The Bertz CT molecular complexity index is 532. The van der Waals surface area contributed by atoms with Gasteiger partial charge >= 0.3 is 0 Å². The van der Waals surface area contributed by atoms with Crippen molar-refractivity contribution >= 4 is 0 Å². The predicted molar refractivity (Wildman–Crippen MR) is 83.3 cm³/mol. The first-order valence-corrected chi connectivity index (χ1v) is 7.83. The maximum Gasteiger partial charge on any atom is 0.233 e. The third-order valence-electron chi connectivity index (χ3n) is 3.94. The van der Waals surface area contributed by atoms with Gasteiger partial charge in [-0.15, -0.1) is 5.10 Å². The Hall–Kier alpha value is -1.81. The Morgan fingerprint density at radius 1 is 0.952 bits per heavy atom. The van der Waals surface area contributed by atoms with E-state index in [0.29, 0.717) is 12.5 Å². The minimum atomic E-state index is 0.573. The van der Waals surface area contributed by atoms with Crippen molar-refractivity contribution < 1.29 is 4.74 Å². The van der Waals surface area contributed by atoms with E-state index in [-0.39, 0.29) is 0 Å². The van der Waals surface area contributed by atoms with E-state index in [1.54, 1.807) is 0 Å². The van der Waals surface area contributed by atoms with Gasteiger partial charge in [-0.3, -0.25) is 4.68 Å². The van der Waals surface area contributed by atoms with Gasteiger partial charge in [0.05, 0.1) is 6.54 Å². The number of likely N-dealkylation sites (tertiary alicyclic amines) is 1. The Labute approximate surface area is 126 Å². The number of benzene rings is 1. The molecule has 3 rings (SSSR count). The minimum Gasteiger partial charge on any atom is -0.472 e. The van der Waals surface area contributed by atoms with Gasteiger partial charge < -0.3 is 9.64 Å². The maximum atomic E-state index is 5.72. The second-order valence-corrected chi connectivity index (χ2v) is 5.59. The summed E-state index contributed by atoms with van der Waals surface area (Å²) in [7, 11) is 0. The molecule has 2 aromatic rings. The van der Waals surface area contributed by atoms with Crippen molar-refractivity contribution in [3.05, 3.63) is 48.2 Å². The van der Waals surface area contributed by atoms with Crippen LogP contribution >= 0.6 is 0 Å². The molecule has 0 N–H and O–H groups in total. The SMILES string of the molecule is c1ccc(COc2ccn(CCN3CCCCC3)n2)cc1. The summed E-state index contributed by atoms with van der Waals surface area (Å²) in [6, 6.07) is 12.1. The number of rotatable bonds is 6. The molecule has 0 aliphatic carbocycles. The van der Waals surface area contributed by atoms with Crippen molar-refractivity contribution in [1.82, 2.24) is 14.7 Å². The van der Waals surface area contributed by atoms with Crippen LogP contribution in [-0.4, -0.2) is 34.3 Å². The summed E-state index contributed by atoms with van der Waals surface area (Å²) in [6.45, 7) is 5.07. The molecular formula is C17H23N3O. The summed E-state index contributed by atoms with van der Waals surface area (Å²) in [4.78, 5) is 2.52. The fourth-order valence-electron chi connectivity index (χ4n) is 2.70. The molecule has 0 atom stereocenters. The fraction of sp³-hybridized carbons (Fsp3) is 0.471. The van der Waals surface area contributed by atoms with Crippen LogP contribution in [0.4, 0.5) is 0 Å². The van der Waals surface area contributed by atoms with Crippen LogP contribution in [0.2, 0.25) is 0 Å². The van der Waals surface area contributed by atoms with Crippen LogP contribution in [0.1, 0.15) is 24.8 Å². The lowest BCUT2D eigenvalue weighted by atomic mass is 10.1. The molecule has 1 aliphatic rings. The van der Waals surface area contributed by atoms with E-state index in [1.807, 2.05) is 35.1 Å². The molecule has 1 aromatic heterocycles. The monoisotopic (exact) mass is 285 g/mol. The van der Waals surface area contributed by atoms with Gasteiger partial charge in [0.25, 0.3) is 0 Å². The highest BCUT2D eigenvalue weighted by atomic mass is 16.5.